The molecule has 1 aromatic heterocycles. The maximum absolute atomic E-state index is 11.3. The van der Waals surface area contributed by atoms with Gasteiger partial charge in [0.2, 0.25) is 0 Å². The minimum atomic E-state index is -0.593. The summed E-state index contributed by atoms with van der Waals surface area (Å²) in [7, 11) is 2.53. The zero-order valence-corrected chi connectivity index (χ0v) is 10.6. The Bertz CT molecular complexity index is 531. The Morgan fingerprint density at radius 1 is 1.39 bits per heavy atom. The van der Waals surface area contributed by atoms with Crippen molar-refractivity contribution >= 4 is 23.5 Å². The van der Waals surface area contributed by atoms with E-state index in [0.717, 1.165) is 0 Å². The van der Waals surface area contributed by atoms with Gasteiger partial charge in [-0.2, -0.15) is 0 Å². The van der Waals surface area contributed by atoms with Gasteiger partial charge in [-0.25, -0.2) is 9.78 Å². The first-order valence-corrected chi connectivity index (χ1v) is 5.25. The number of nitrogens with zero attached hydrogens (tertiary/aromatic N) is 1. The molecule has 5 nitrogen and oxygen atoms in total. The van der Waals surface area contributed by atoms with Gasteiger partial charge in [0.25, 0.3) is 0 Å². The zero-order chi connectivity index (χ0) is 13.5. The second-order valence-corrected chi connectivity index (χ2v) is 3.47. The lowest BCUT2D eigenvalue weighted by molar-refractivity contribution is -0.139. The largest absolute Gasteiger partial charge is 0.468 e. The second-order valence-electron chi connectivity index (χ2n) is 3.11. The average Bonchev–Trinajstić information content (AvgIpc) is 2.39. The van der Waals surface area contributed by atoms with E-state index in [1.807, 2.05) is 0 Å². The summed E-state index contributed by atoms with van der Waals surface area (Å²) in [6.07, 6.45) is 1.37. The lowest BCUT2D eigenvalue weighted by Gasteiger charge is -2.01. The van der Waals surface area contributed by atoms with Crippen LogP contribution in [0.15, 0.2) is 12.3 Å². The lowest BCUT2D eigenvalue weighted by atomic mass is 10.2. The van der Waals surface area contributed by atoms with Crippen LogP contribution < -0.4 is 0 Å². The van der Waals surface area contributed by atoms with Crippen LogP contribution in [0.3, 0.4) is 0 Å². The molecule has 0 radical (unpaired) electrons. The molecule has 1 aromatic rings. The molecular formula is C12H10ClNO4. The molecule has 0 aliphatic heterocycles. The normalized spacial score (nSPS) is 9.06. The molecule has 0 saturated carbocycles. The van der Waals surface area contributed by atoms with Gasteiger partial charge < -0.3 is 9.47 Å². The molecule has 1 heterocycles. The van der Waals surface area contributed by atoms with E-state index in [2.05, 4.69) is 26.3 Å². The highest BCUT2D eigenvalue weighted by Gasteiger charge is 2.11. The van der Waals surface area contributed by atoms with Gasteiger partial charge in [-0.1, -0.05) is 23.4 Å². The molecule has 6 heteroatoms. The molecule has 0 spiro atoms. The van der Waals surface area contributed by atoms with Crippen LogP contribution in [0.5, 0.6) is 0 Å². The number of methoxy groups -OCH3 is 2. The predicted octanol–water partition coefficient (Wildman–Crippen LogP) is 1.44. The Morgan fingerprint density at radius 2 is 2.11 bits per heavy atom. The molecule has 0 bridgehead atoms. The number of hydrogen-bond donors (Lipinski definition) is 0. The van der Waals surface area contributed by atoms with Gasteiger partial charge in [-0.05, 0) is 6.07 Å². The van der Waals surface area contributed by atoms with Crippen molar-refractivity contribution in [3.05, 3.63) is 28.5 Å². The van der Waals surface area contributed by atoms with Gasteiger partial charge in [-0.3, -0.25) is 4.79 Å². The highest BCUT2D eigenvalue weighted by molar-refractivity contribution is 6.32. The summed E-state index contributed by atoms with van der Waals surface area (Å²) in [5.41, 5.74) is 0.590. The van der Waals surface area contributed by atoms with E-state index < -0.39 is 11.9 Å². The SMILES string of the molecule is COC(=O)CC#Cc1cnc(Cl)c(C(=O)OC)c1. The molecular weight excluding hydrogens is 258 g/mol. The van der Waals surface area contributed by atoms with E-state index in [1.165, 1.54) is 26.5 Å². The quantitative estimate of drug-likeness (QED) is 0.461. The van der Waals surface area contributed by atoms with Crippen LogP contribution in [0.4, 0.5) is 0 Å². The monoisotopic (exact) mass is 267 g/mol. The number of carbonyl (C=O) groups excluding carboxylic acids is 2. The fourth-order valence-corrected chi connectivity index (χ4v) is 1.24. The Morgan fingerprint density at radius 3 is 2.72 bits per heavy atom. The summed E-state index contributed by atoms with van der Waals surface area (Å²) < 4.78 is 8.98. The van der Waals surface area contributed by atoms with Crippen LogP contribution in [0.25, 0.3) is 0 Å². The summed E-state index contributed by atoms with van der Waals surface area (Å²) >= 11 is 5.74. The third-order valence-electron chi connectivity index (χ3n) is 1.94. The first kappa shape index (κ1) is 14.0. The molecule has 94 valence electrons. The van der Waals surface area contributed by atoms with Crippen molar-refractivity contribution in [3.8, 4) is 11.8 Å². The maximum atomic E-state index is 11.3. The summed E-state index contributed by atoms with van der Waals surface area (Å²) in [5, 5.41) is 0.0420. The third-order valence-corrected chi connectivity index (χ3v) is 2.24. The zero-order valence-electron chi connectivity index (χ0n) is 9.82. The molecule has 18 heavy (non-hydrogen) atoms. The van der Waals surface area contributed by atoms with Crippen LogP contribution in [-0.4, -0.2) is 31.1 Å². The van der Waals surface area contributed by atoms with Crippen LogP contribution in [0.2, 0.25) is 5.15 Å². The van der Waals surface area contributed by atoms with E-state index in [1.54, 1.807) is 0 Å². The van der Waals surface area contributed by atoms with E-state index in [0.29, 0.717) is 5.56 Å². The van der Waals surface area contributed by atoms with Gasteiger partial charge in [0, 0.05) is 11.8 Å². The van der Waals surface area contributed by atoms with E-state index in [4.69, 9.17) is 11.6 Å². The van der Waals surface area contributed by atoms with Crippen LogP contribution in [0.1, 0.15) is 22.3 Å². The number of ether oxygens (including phenoxy) is 2. The summed E-state index contributed by atoms with van der Waals surface area (Å²) in [6, 6.07) is 1.45. The van der Waals surface area contributed by atoms with Gasteiger partial charge in [0.05, 0.1) is 19.8 Å². The molecule has 0 saturated heterocycles. The van der Waals surface area contributed by atoms with Crippen molar-refractivity contribution < 1.29 is 19.1 Å². The van der Waals surface area contributed by atoms with Crippen molar-refractivity contribution in [1.29, 1.82) is 0 Å². The minimum absolute atomic E-state index is 0.0350. The average molecular weight is 268 g/mol. The molecule has 0 amide bonds. The molecule has 0 N–H and O–H groups in total. The number of aromatic nitrogens is 1. The third kappa shape index (κ3) is 3.75. The highest BCUT2D eigenvalue weighted by Crippen LogP contribution is 2.14. The molecule has 0 unspecified atom stereocenters. The van der Waals surface area contributed by atoms with Crippen molar-refractivity contribution in [3.63, 3.8) is 0 Å². The second kappa shape index (κ2) is 6.62. The highest BCUT2D eigenvalue weighted by atomic mass is 35.5. The molecule has 0 atom stereocenters. The number of halogens is 1. The number of esters is 2. The van der Waals surface area contributed by atoms with Gasteiger partial charge in [0.15, 0.2) is 0 Å². The fraction of sp³-hybridized carbons (Fsp3) is 0.250. The van der Waals surface area contributed by atoms with E-state index in [9.17, 15) is 9.59 Å². The van der Waals surface area contributed by atoms with Crippen molar-refractivity contribution in [2.24, 2.45) is 0 Å². The number of pyridine rings is 1. The first-order valence-electron chi connectivity index (χ1n) is 4.88. The standard InChI is InChI=1S/C12H10ClNO4/c1-17-10(15)5-3-4-8-6-9(12(16)18-2)11(13)14-7-8/h6-7H,5H2,1-2H3. The van der Waals surface area contributed by atoms with E-state index >= 15 is 0 Å². The van der Waals surface area contributed by atoms with Crippen LogP contribution in [-0.2, 0) is 14.3 Å². The summed E-state index contributed by atoms with van der Waals surface area (Å²) in [4.78, 5) is 26.0. The first-order chi connectivity index (χ1) is 8.58. The summed E-state index contributed by atoms with van der Waals surface area (Å²) in [5.74, 6) is 4.25. The molecule has 0 aliphatic carbocycles. The molecule has 0 aliphatic rings. The fourth-order valence-electron chi connectivity index (χ4n) is 1.06. The minimum Gasteiger partial charge on any atom is -0.468 e. The smallest absolute Gasteiger partial charge is 0.341 e. The molecule has 0 fully saturated rings. The Hall–Kier alpha value is -2.06. The van der Waals surface area contributed by atoms with Crippen LogP contribution in [0, 0.1) is 11.8 Å². The van der Waals surface area contributed by atoms with E-state index in [-0.39, 0.29) is 17.1 Å². The van der Waals surface area contributed by atoms with Gasteiger partial charge in [-0.15, -0.1) is 0 Å². The maximum Gasteiger partial charge on any atom is 0.341 e. The lowest BCUT2D eigenvalue weighted by Crippen LogP contribution is -2.03. The number of rotatable bonds is 2. The van der Waals surface area contributed by atoms with Gasteiger partial charge >= 0.3 is 11.9 Å². The molecule has 1 rings (SSSR count). The number of hydrogen-bond acceptors (Lipinski definition) is 5. The predicted molar refractivity (Wildman–Crippen MR) is 64.1 cm³/mol. The molecule has 0 aromatic carbocycles. The van der Waals surface area contributed by atoms with Crippen molar-refractivity contribution in [2.45, 2.75) is 6.42 Å². The summed E-state index contributed by atoms with van der Waals surface area (Å²) in [6.45, 7) is 0. The Labute approximate surface area is 109 Å². The van der Waals surface area contributed by atoms with Crippen LogP contribution >= 0.6 is 11.6 Å². The Balaban J connectivity index is 2.92. The number of carbonyl (C=O) groups is 2. The Kier molecular flexibility index (Phi) is 5.15. The van der Waals surface area contributed by atoms with Crippen molar-refractivity contribution in [1.82, 2.24) is 4.98 Å². The van der Waals surface area contributed by atoms with Crippen molar-refractivity contribution in [2.75, 3.05) is 14.2 Å². The van der Waals surface area contributed by atoms with Gasteiger partial charge in [0.1, 0.15) is 11.6 Å². The topological polar surface area (TPSA) is 65.5 Å².